The van der Waals surface area contributed by atoms with Gasteiger partial charge in [-0.1, -0.05) is 26.0 Å². The molecule has 0 bridgehead atoms. The first-order valence-electron chi connectivity index (χ1n) is 16.9. The van der Waals surface area contributed by atoms with Gasteiger partial charge in [0, 0.05) is 30.3 Å². The van der Waals surface area contributed by atoms with Crippen LogP contribution in [0.5, 0.6) is 11.6 Å². The summed E-state index contributed by atoms with van der Waals surface area (Å²) in [6.45, 7) is 5.91. The van der Waals surface area contributed by atoms with Gasteiger partial charge in [-0.2, -0.15) is 0 Å². The van der Waals surface area contributed by atoms with Crippen LogP contribution in [0.15, 0.2) is 42.6 Å². The number of aromatic nitrogens is 1. The van der Waals surface area contributed by atoms with Crippen LogP contribution in [0.25, 0.3) is 10.8 Å². The predicted molar refractivity (Wildman–Crippen MR) is 179 cm³/mol. The molecule has 13 heteroatoms. The number of pyridine rings is 1. The molecule has 2 aliphatic carbocycles. The van der Waals surface area contributed by atoms with E-state index in [2.05, 4.69) is 16.6 Å². The molecule has 0 radical (unpaired) electrons. The molecule has 11 nitrogen and oxygen atoms in total. The summed E-state index contributed by atoms with van der Waals surface area (Å²) in [7, 11) is -3.98. The second kappa shape index (κ2) is 14.8. The van der Waals surface area contributed by atoms with Crippen LogP contribution in [0.4, 0.5) is 4.39 Å². The van der Waals surface area contributed by atoms with E-state index >= 15 is 0 Å². The summed E-state index contributed by atoms with van der Waals surface area (Å²) in [5, 5.41) is 1.73. The van der Waals surface area contributed by atoms with Crippen LogP contribution in [-0.2, 0) is 24.4 Å². The van der Waals surface area contributed by atoms with Gasteiger partial charge >= 0.3 is 0 Å². The van der Waals surface area contributed by atoms with Gasteiger partial charge in [0.1, 0.15) is 29.3 Å². The Balaban J connectivity index is 1.05. The third-order valence-corrected chi connectivity index (χ3v) is 11.9. The Morgan fingerprint density at radius 2 is 1.96 bits per heavy atom. The summed E-state index contributed by atoms with van der Waals surface area (Å²) in [6.07, 6.45) is 9.36. The molecule has 6 atom stereocenters. The van der Waals surface area contributed by atoms with Gasteiger partial charge in [0.25, 0.3) is 0 Å². The fourth-order valence-electron chi connectivity index (χ4n) is 6.68. The zero-order valence-corrected chi connectivity index (χ0v) is 28.7. The summed E-state index contributed by atoms with van der Waals surface area (Å²) in [5.41, 5.74) is 5.71. The Labute approximate surface area is 281 Å². The van der Waals surface area contributed by atoms with Gasteiger partial charge in [0.15, 0.2) is 0 Å². The van der Waals surface area contributed by atoms with E-state index in [1.54, 1.807) is 11.1 Å². The van der Waals surface area contributed by atoms with E-state index in [4.69, 9.17) is 15.2 Å². The third kappa shape index (κ3) is 8.27. The van der Waals surface area contributed by atoms with Crippen molar-refractivity contribution < 1.29 is 36.7 Å². The number of nitrogens with two attached hydrogens (primary N) is 1. The SMILES string of the molecule is CCOc1ccc2c(OC3CC(C(N)=O)N(C(=O)CC(C)CC(C)CCC=CC4CC4C(=O)NS(=O)(=O)C4(CF)CC4)C3)nccc2c1. The molecule has 2 aromatic rings. The standard InChI is InChI=1S/C35H47FN4O7S/c1-4-46-26-9-10-28-25(17-26)11-14-38-34(28)47-27-19-30(32(37)42)40(20-27)31(41)16-23(3)15-22(2)7-5-6-8-24-18-29(24)33(43)39-48(44,45)35(21-36)12-13-35/h6,8-11,14,17,22-24,27,29-30H,4-5,7,12-13,15-16,18-21H2,1-3H3,(H2,37,42)(H,39,43). The van der Waals surface area contributed by atoms with Gasteiger partial charge < -0.3 is 20.1 Å². The highest BCUT2D eigenvalue weighted by molar-refractivity contribution is 7.91. The number of carbonyl (C=O) groups is 3. The highest BCUT2D eigenvalue weighted by Crippen LogP contribution is 2.45. The smallest absolute Gasteiger partial charge is 0.243 e. The zero-order valence-electron chi connectivity index (χ0n) is 27.9. The monoisotopic (exact) mass is 686 g/mol. The molecule has 3 amide bonds. The second-order valence-electron chi connectivity index (χ2n) is 13.8. The molecule has 0 spiro atoms. The summed E-state index contributed by atoms with van der Waals surface area (Å²) < 4.78 is 50.3. The number of primary amides is 1. The van der Waals surface area contributed by atoms with Crippen LogP contribution in [0.3, 0.4) is 0 Å². The minimum absolute atomic E-state index is 0.0105. The first-order chi connectivity index (χ1) is 22.9. The van der Waals surface area contributed by atoms with Crippen molar-refractivity contribution in [1.29, 1.82) is 0 Å². The average molecular weight is 687 g/mol. The Bertz CT molecular complexity index is 1650. The molecule has 262 valence electrons. The van der Waals surface area contributed by atoms with Crippen LogP contribution < -0.4 is 19.9 Å². The molecule has 2 saturated carbocycles. The fraction of sp³-hybridized carbons (Fsp3) is 0.600. The van der Waals surface area contributed by atoms with Crippen LogP contribution >= 0.6 is 0 Å². The number of fused-ring (bicyclic) bond motifs is 1. The Morgan fingerprint density at radius 1 is 1.19 bits per heavy atom. The molecule has 1 aliphatic heterocycles. The number of nitrogens with one attached hydrogen (secondary N) is 1. The zero-order chi connectivity index (χ0) is 34.6. The van der Waals surface area contributed by atoms with E-state index < -0.39 is 51.3 Å². The maximum absolute atomic E-state index is 13.4. The molecule has 6 unspecified atom stereocenters. The fourth-order valence-corrected chi connectivity index (χ4v) is 8.09. The Hall–Kier alpha value is -3.74. The molecule has 1 saturated heterocycles. The third-order valence-electron chi connectivity index (χ3n) is 9.77. The molecule has 1 aromatic carbocycles. The van der Waals surface area contributed by atoms with Crippen LogP contribution in [0, 0.1) is 23.7 Å². The first kappa shape index (κ1) is 35.6. The summed E-state index contributed by atoms with van der Waals surface area (Å²) in [6, 6.07) is 6.80. The highest BCUT2D eigenvalue weighted by atomic mass is 32.2. The van der Waals surface area contributed by atoms with Gasteiger partial charge in [-0.05, 0) is 92.9 Å². The van der Waals surface area contributed by atoms with Crippen molar-refractivity contribution in [3.05, 3.63) is 42.6 Å². The number of allylic oxidation sites excluding steroid dienone is 2. The largest absolute Gasteiger partial charge is 0.494 e. The minimum atomic E-state index is -3.98. The molecule has 3 aliphatic rings. The lowest BCUT2D eigenvalue weighted by molar-refractivity contribution is -0.138. The van der Waals surface area contributed by atoms with Crippen molar-refractivity contribution in [2.45, 2.75) is 89.0 Å². The molecule has 5 rings (SSSR count). The number of benzene rings is 1. The number of carbonyl (C=O) groups excluding carboxylic acids is 3. The molecule has 3 N–H and O–H groups in total. The molecule has 1 aromatic heterocycles. The number of ether oxygens (including phenoxy) is 2. The Kier molecular flexibility index (Phi) is 11.0. The maximum atomic E-state index is 13.4. The molecular weight excluding hydrogens is 639 g/mol. The van der Waals surface area contributed by atoms with Crippen molar-refractivity contribution in [2.75, 3.05) is 19.8 Å². The number of amides is 3. The predicted octanol–water partition coefficient (Wildman–Crippen LogP) is 4.44. The van der Waals surface area contributed by atoms with Crippen molar-refractivity contribution in [3.8, 4) is 11.6 Å². The van der Waals surface area contributed by atoms with Crippen LogP contribution in [0.1, 0.15) is 72.1 Å². The number of hydrogen-bond donors (Lipinski definition) is 2. The summed E-state index contributed by atoms with van der Waals surface area (Å²) in [5.74, 6) is -0.0402. The van der Waals surface area contributed by atoms with E-state index in [0.717, 1.165) is 35.8 Å². The minimum Gasteiger partial charge on any atom is -0.494 e. The molecule has 2 heterocycles. The number of rotatable bonds is 17. The molecular formula is C35H47FN4O7S. The number of halogens is 1. The maximum Gasteiger partial charge on any atom is 0.243 e. The van der Waals surface area contributed by atoms with Gasteiger partial charge in [-0.15, -0.1) is 0 Å². The van der Waals surface area contributed by atoms with Gasteiger partial charge in [0.2, 0.25) is 33.6 Å². The topological polar surface area (TPSA) is 158 Å². The van der Waals surface area contributed by atoms with Crippen LogP contribution in [-0.4, -0.2) is 72.7 Å². The average Bonchev–Trinajstić information content (AvgIpc) is 3.95. The number of hydrogen-bond acceptors (Lipinski definition) is 8. The first-order valence-corrected chi connectivity index (χ1v) is 18.4. The van der Waals surface area contributed by atoms with E-state index in [1.165, 1.54) is 0 Å². The summed E-state index contributed by atoms with van der Waals surface area (Å²) >= 11 is 0. The lowest BCUT2D eigenvalue weighted by Gasteiger charge is -2.24. The molecule has 48 heavy (non-hydrogen) atoms. The van der Waals surface area contributed by atoms with Crippen LogP contribution in [0.2, 0.25) is 0 Å². The van der Waals surface area contributed by atoms with Crippen molar-refractivity contribution >= 4 is 38.5 Å². The number of sulfonamides is 1. The number of alkyl halides is 1. The normalized spacial score (nSPS) is 24.3. The lowest BCUT2D eigenvalue weighted by atomic mass is 9.91. The van der Waals surface area contributed by atoms with E-state index in [9.17, 15) is 27.2 Å². The quantitative estimate of drug-likeness (QED) is 0.231. The second-order valence-corrected chi connectivity index (χ2v) is 15.9. The number of likely N-dealkylation sites (tertiary alicyclic amines) is 1. The molecule has 3 fully saturated rings. The Morgan fingerprint density at radius 3 is 2.65 bits per heavy atom. The van der Waals surface area contributed by atoms with Gasteiger partial charge in [-0.25, -0.2) is 17.8 Å². The van der Waals surface area contributed by atoms with E-state index in [-0.39, 0.29) is 43.6 Å². The van der Waals surface area contributed by atoms with Gasteiger partial charge in [-0.3, -0.25) is 19.1 Å². The van der Waals surface area contributed by atoms with Crippen molar-refractivity contribution in [2.24, 2.45) is 29.4 Å². The van der Waals surface area contributed by atoms with E-state index in [0.29, 0.717) is 31.2 Å². The van der Waals surface area contributed by atoms with Gasteiger partial charge in [0.05, 0.1) is 13.2 Å². The lowest BCUT2D eigenvalue weighted by Crippen LogP contribution is -2.44. The van der Waals surface area contributed by atoms with Crippen molar-refractivity contribution in [1.82, 2.24) is 14.6 Å². The van der Waals surface area contributed by atoms with Crippen molar-refractivity contribution in [3.63, 3.8) is 0 Å². The van der Waals surface area contributed by atoms with E-state index in [1.807, 2.05) is 50.3 Å². The highest BCUT2D eigenvalue weighted by Gasteiger charge is 2.56. The number of nitrogens with zero attached hydrogens (tertiary/aromatic N) is 2. The summed E-state index contributed by atoms with van der Waals surface area (Å²) in [4.78, 5) is 44.1.